The molecule has 0 atom stereocenters. The van der Waals surface area contributed by atoms with Crippen molar-refractivity contribution in [2.45, 2.75) is 46.0 Å². The van der Waals surface area contributed by atoms with Gasteiger partial charge in [-0.2, -0.15) is 0 Å². The lowest BCUT2D eigenvalue weighted by Gasteiger charge is -2.14. The van der Waals surface area contributed by atoms with Crippen LogP contribution in [0, 0.1) is 6.92 Å². The fourth-order valence-corrected chi connectivity index (χ4v) is 2.09. The van der Waals surface area contributed by atoms with Crippen molar-refractivity contribution >= 4 is 17.6 Å². The Labute approximate surface area is 125 Å². The predicted octanol–water partition coefficient (Wildman–Crippen LogP) is 2.46. The van der Waals surface area contributed by atoms with Gasteiger partial charge in [-0.15, -0.1) is 0 Å². The molecule has 1 aromatic heterocycles. The molecule has 6 heteroatoms. The van der Waals surface area contributed by atoms with E-state index in [-0.39, 0.29) is 5.97 Å². The number of hydrogen-bond acceptors (Lipinski definition) is 6. The summed E-state index contributed by atoms with van der Waals surface area (Å²) in [6.45, 7) is 7.61. The van der Waals surface area contributed by atoms with Gasteiger partial charge in [-0.05, 0) is 33.6 Å². The Morgan fingerprint density at radius 2 is 1.90 bits per heavy atom. The van der Waals surface area contributed by atoms with Gasteiger partial charge in [0.15, 0.2) is 0 Å². The first-order valence-electron chi connectivity index (χ1n) is 7.67. The average molecular weight is 292 g/mol. The topological polar surface area (TPSA) is 76.1 Å². The van der Waals surface area contributed by atoms with Crippen molar-refractivity contribution in [2.24, 2.45) is 0 Å². The van der Waals surface area contributed by atoms with E-state index < -0.39 is 0 Å². The van der Waals surface area contributed by atoms with E-state index >= 15 is 0 Å². The van der Waals surface area contributed by atoms with E-state index in [0.29, 0.717) is 25.5 Å². The van der Waals surface area contributed by atoms with Crippen LogP contribution in [0.15, 0.2) is 0 Å². The molecule has 1 saturated carbocycles. The zero-order chi connectivity index (χ0) is 15.2. The van der Waals surface area contributed by atoms with Crippen LogP contribution in [0.2, 0.25) is 0 Å². The van der Waals surface area contributed by atoms with Crippen molar-refractivity contribution in [1.29, 1.82) is 0 Å². The molecule has 0 aliphatic heterocycles. The second-order valence-corrected chi connectivity index (χ2v) is 5.19. The molecule has 0 unspecified atom stereocenters. The number of aromatic nitrogens is 2. The summed E-state index contributed by atoms with van der Waals surface area (Å²) in [6, 6.07) is 0. The lowest BCUT2D eigenvalue weighted by molar-refractivity contribution is -0.142. The van der Waals surface area contributed by atoms with Gasteiger partial charge in [-0.3, -0.25) is 4.79 Å². The van der Waals surface area contributed by atoms with Gasteiger partial charge in [0.25, 0.3) is 0 Å². The zero-order valence-electron chi connectivity index (χ0n) is 13.0. The molecule has 1 heterocycles. The Morgan fingerprint density at radius 3 is 2.48 bits per heavy atom. The molecule has 1 aliphatic rings. The van der Waals surface area contributed by atoms with Gasteiger partial charge in [0.2, 0.25) is 0 Å². The monoisotopic (exact) mass is 292 g/mol. The molecule has 0 saturated heterocycles. The number of esters is 1. The minimum absolute atomic E-state index is 0.189. The van der Waals surface area contributed by atoms with Crippen LogP contribution in [0.3, 0.4) is 0 Å². The SMILES string of the molecule is CCNc1nc(C2CC2)nc(NCCC(=O)OCC)c1C. The summed E-state index contributed by atoms with van der Waals surface area (Å²) in [7, 11) is 0. The molecule has 0 bridgehead atoms. The second kappa shape index (κ2) is 7.24. The molecule has 1 aliphatic carbocycles. The van der Waals surface area contributed by atoms with Crippen LogP contribution in [-0.4, -0.2) is 35.6 Å². The molecular formula is C15H24N4O2. The van der Waals surface area contributed by atoms with Crippen LogP contribution in [0.4, 0.5) is 11.6 Å². The van der Waals surface area contributed by atoms with Gasteiger partial charge in [-0.25, -0.2) is 9.97 Å². The minimum atomic E-state index is -0.189. The van der Waals surface area contributed by atoms with Crippen LogP contribution in [0.1, 0.15) is 50.4 Å². The maximum atomic E-state index is 11.4. The number of carbonyl (C=O) groups excluding carboxylic acids is 1. The van der Waals surface area contributed by atoms with Crippen LogP contribution in [-0.2, 0) is 9.53 Å². The van der Waals surface area contributed by atoms with Crippen molar-refractivity contribution in [3.05, 3.63) is 11.4 Å². The number of rotatable bonds is 8. The molecule has 1 fully saturated rings. The molecule has 2 rings (SSSR count). The number of ether oxygens (including phenoxy) is 1. The highest BCUT2D eigenvalue weighted by molar-refractivity contribution is 5.70. The van der Waals surface area contributed by atoms with Crippen LogP contribution < -0.4 is 10.6 Å². The molecular weight excluding hydrogens is 268 g/mol. The third-order valence-electron chi connectivity index (χ3n) is 3.38. The van der Waals surface area contributed by atoms with Gasteiger partial charge < -0.3 is 15.4 Å². The second-order valence-electron chi connectivity index (χ2n) is 5.19. The van der Waals surface area contributed by atoms with Gasteiger partial charge in [0.1, 0.15) is 17.5 Å². The van der Waals surface area contributed by atoms with Gasteiger partial charge >= 0.3 is 5.97 Å². The number of anilines is 2. The van der Waals surface area contributed by atoms with Crippen LogP contribution in [0.5, 0.6) is 0 Å². The standard InChI is InChI=1S/C15H24N4O2/c1-4-16-13-10(3)14(17-9-8-12(20)21-5-2)19-15(18-13)11-6-7-11/h11H,4-9H2,1-3H3,(H2,16,17,18,19). The fourth-order valence-electron chi connectivity index (χ4n) is 2.09. The van der Waals surface area contributed by atoms with Gasteiger partial charge in [-0.1, -0.05) is 0 Å². The van der Waals surface area contributed by atoms with Crippen molar-refractivity contribution in [2.75, 3.05) is 30.3 Å². The van der Waals surface area contributed by atoms with Crippen molar-refractivity contribution in [3.8, 4) is 0 Å². The molecule has 116 valence electrons. The van der Waals surface area contributed by atoms with Crippen LogP contribution >= 0.6 is 0 Å². The third kappa shape index (κ3) is 4.31. The summed E-state index contributed by atoms with van der Waals surface area (Å²) in [5.41, 5.74) is 0.991. The van der Waals surface area contributed by atoms with E-state index in [0.717, 1.165) is 42.4 Å². The van der Waals surface area contributed by atoms with Crippen molar-refractivity contribution in [1.82, 2.24) is 9.97 Å². The summed E-state index contributed by atoms with van der Waals surface area (Å²) in [5, 5.41) is 6.51. The quantitative estimate of drug-likeness (QED) is 0.717. The maximum absolute atomic E-state index is 11.4. The number of carbonyl (C=O) groups is 1. The molecule has 0 amide bonds. The Kier molecular flexibility index (Phi) is 5.36. The van der Waals surface area contributed by atoms with E-state index in [2.05, 4.69) is 20.6 Å². The molecule has 1 aromatic rings. The van der Waals surface area contributed by atoms with E-state index in [1.807, 2.05) is 20.8 Å². The molecule has 0 spiro atoms. The van der Waals surface area contributed by atoms with E-state index in [1.165, 1.54) is 0 Å². The highest BCUT2D eigenvalue weighted by atomic mass is 16.5. The molecule has 6 nitrogen and oxygen atoms in total. The molecule has 21 heavy (non-hydrogen) atoms. The Hall–Kier alpha value is -1.85. The number of hydrogen-bond donors (Lipinski definition) is 2. The van der Waals surface area contributed by atoms with E-state index in [4.69, 9.17) is 4.74 Å². The molecule has 0 aromatic carbocycles. The lowest BCUT2D eigenvalue weighted by atomic mass is 10.2. The zero-order valence-corrected chi connectivity index (χ0v) is 13.0. The molecule has 0 radical (unpaired) electrons. The molecule has 2 N–H and O–H groups in total. The first-order valence-corrected chi connectivity index (χ1v) is 7.67. The van der Waals surface area contributed by atoms with Crippen LogP contribution in [0.25, 0.3) is 0 Å². The summed E-state index contributed by atoms with van der Waals surface area (Å²) in [4.78, 5) is 20.6. The maximum Gasteiger partial charge on any atom is 0.307 e. The van der Waals surface area contributed by atoms with E-state index in [9.17, 15) is 4.79 Å². The first-order chi connectivity index (χ1) is 10.2. The van der Waals surface area contributed by atoms with Gasteiger partial charge in [0, 0.05) is 24.6 Å². The summed E-state index contributed by atoms with van der Waals surface area (Å²) < 4.78 is 4.92. The fraction of sp³-hybridized carbons (Fsp3) is 0.667. The number of nitrogens with one attached hydrogen (secondary N) is 2. The summed E-state index contributed by atoms with van der Waals surface area (Å²) in [5.74, 6) is 2.90. The highest BCUT2D eigenvalue weighted by Gasteiger charge is 2.28. The third-order valence-corrected chi connectivity index (χ3v) is 3.38. The average Bonchev–Trinajstić information content (AvgIpc) is 3.27. The van der Waals surface area contributed by atoms with Gasteiger partial charge in [0.05, 0.1) is 13.0 Å². The minimum Gasteiger partial charge on any atom is -0.466 e. The largest absolute Gasteiger partial charge is 0.466 e. The van der Waals surface area contributed by atoms with Crippen molar-refractivity contribution in [3.63, 3.8) is 0 Å². The summed E-state index contributed by atoms with van der Waals surface area (Å²) >= 11 is 0. The normalized spacial score (nSPS) is 13.9. The Morgan fingerprint density at radius 1 is 1.24 bits per heavy atom. The number of nitrogens with zero attached hydrogens (tertiary/aromatic N) is 2. The predicted molar refractivity (Wildman–Crippen MR) is 82.6 cm³/mol. The highest BCUT2D eigenvalue weighted by Crippen LogP contribution is 2.39. The smallest absolute Gasteiger partial charge is 0.307 e. The van der Waals surface area contributed by atoms with E-state index in [1.54, 1.807) is 0 Å². The summed E-state index contributed by atoms with van der Waals surface area (Å²) in [6.07, 6.45) is 2.67. The Balaban J connectivity index is 2.04. The lowest BCUT2D eigenvalue weighted by Crippen LogP contribution is -2.15. The first kappa shape index (κ1) is 15.5. The van der Waals surface area contributed by atoms with Crippen molar-refractivity contribution < 1.29 is 9.53 Å². The Bertz CT molecular complexity index is 501.